The zero-order valence-electron chi connectivity index (χ0n) is 15.6. The van der Waals surface area contributed by atoms with Gasteiger partial charge in [0.25, 0.3) is 0 Å². The molecule has 2 heterocycles. The third kappa shape index (κ3) is 3.43. The molecule has 0 N–H and O–H groups in total. The van der Waals surface area contributed by atoms with Crippen molar-refractivity contribution in [2.75, 3.05) is 26.2 Å². The maximum absolute atomic E-state index is 12.1. The average molecular weight is 352 g/mol. The summed E-state index contributed by atoms with van der Waals surface area (Å²) in [5, 5.41) is 2.53. The van der Waals surface area contributed by atoms with Crippen LogP contribution >= 0.6 is 0 Å². The van der Waals surface area contributed by atoms with Crippen LogP contribution in [0.3, 0.4) is 0 Å². The van der Waals surface area contributed by atoms with Gasteiger partial charge in [0, 0.05) is 37.7 Å². The minimum Gasteiger partial charge on any atom is -0.494 e. The number of piperidine rings is 1. The van der Waals surface area contributed by atoms with E-state index in [0.29, 0.717) is 18.6 Å². The van der Waals surface area contributed by atoms with Crippen LogP contribution in [0, 0.1) is 0 Å². The van der Waals surface area contributed by atoms with E-state index in [9.17, 15) is 4.79 Å². The molecular weight excluding hydrogens is 324 g/mol. The molecule has 2 aromatic rings. The fourth-order valence-electron chi connectivity index (χ4n) is 4.48. The number of nitrogens with zero attached hydrogens (tertiary/aromatic N) is 2. The summed E-state index contributed by atoms with van der Waals surface area (Å²) in [5.74, 6) is 1.34. The van der Waals surface area contributed by atoms with E-state index >= 15 is 0 Å². The van der Waals surface area contributed by atoms with Gasteiger partial charge in [-0.1, -0.05) is 30.3 Å². The van der Waals surface area contributed by atoms with Crippen molar-refractivity contribution in [2.24, 2.45) is 0 Å². The fourth-order valence-corrected chi connectivity index (χ4v) is 4.48. The van der Waals surface area contributed by atoms with Crippen molar-refractivity contribution in [3.8, 4) is 5.75 Å². The molecule has 2 aliphatic rings. The summed E-state index contributed by atoms with van der Waals surface area (Å²) < 4.78 is 5.94. The smallest absolute Gasteiger partial charge is 0.222 e. The molecule has 4 nitrogen and oxygen atoms in total. The third-order valence-electron chi connectivity index (χ3n) is 5.71. The van der Waals surface area contributed by atoms with Crippen molar-refractivity contribution in [2.45, 2.75) is 45.2 Å². The Kier molecular flexibility index (Phi) is 5.11. The number of carbonyl (C=O) groups is 1. The van der Waals surface area contributed by atoms with Gasteiger partial charge < -0.3 is 9.64 Å². The number of rotatable bonds is 5. The van der Waals surface area contributed by atoms with Gasteiger partial charge in [0.2, 0.25) is 5.91 Å². The topological polar surface area (TPSA) is 32.8 Å². The molecule has 0 radical (unpaired) electrons. The summed E-state index contributed by atoms with van der Waals surface area (Å²) in [6.45, 7) is 6.60. The lowest BCUT2D eigenvalue weighted by Gasteiger charge is -2.38. The van der Waals surface area contributed by atoms with Crippen molar-refractivity contribution in [1.29, 1.82) is 0 Å². The predicted octanol–water partition coefficient (Wildman–Crippen LogP) is 3.83. The Bertz CT molecular complexity index is 789. The normalized spacial score (nSPS) is 21.5. The Morgan fingerprint density at radius 3 is 2.81 bits per heavy atom. The van der Waals surface area contributed by atoms with Crippen molar-refractivity contribution < 1.29 is 9.53 Å². The van der Waals surface area contributed by atoms with Crippen LogP contribution in [-0.2, 0) is 11.3 Å². The van der Waals surface area contributed by atoms with Crippen LogP contribution in [0.5, 0.6) is 5.75 Å². The lowest BCUT2D eigenvalue weighted by molar-refractivity contribution is -0.130. The summed E-state index contributed by atoms with van der Waals surface area (Å²) in [6.07, 6.45) is 4.04. The minimum absolute atomic E-state index is 0.344. The standard InChI is InChI=1S/C22H28N2O2/c1-2-26-21-12-11-17-7-3-4-9-19(17)20(21)16-23-13-5-8-18(15-23)24-14-6-10-22(24)25/h3-4,7,9,11-12,18H,2,5-6,8,10,13-16H2,1H3. The molecule has 1 atom stereocenters. The second kappa shape index (κ2) is 7.67. The molecule has 1 amide bonds. The number of benzene rings is 2. The second-order valence-electron chi connectivity index (χ2n) is 7.42. The Morgan fingerprint density at radius 2 is 2.00 bits per heavy atom. The van der Waals surface area contributed by atoms with Crippen LogP contribution in [0.4, 0.5) is 0 Å². The molecule has 0 saturated carbocycles. The third-order valence-corrected chi connectivity index (χ3v) is 5.71. The molecular formula is C22H28N2O2. The Morgan fingerprint density at radius 1 is 1.12 bits per heavy atom. The molecule has 4 heteroatoms. The SMILES string of the molecule is CCOc1ccc2ccccc2c1CN1CCCC(N2CCCC2=O)C1. The first-order chi connectivity index (χ1) is 12.8. The molecule has 0 aliphatic carbocycles. The van der Waals surface area contributed by atoms with Crippen LogP contribution in [-0.4, -0.2) is 48.0 Å². The van der Waals surface area contributed by atoms with Crippen LogP contribution in [0.1, 0.15) is 38.2 Å². The number of hydrogen-bond donors (Lipinski definition) is 0. The van der Waals surface area contributed by atoms with Gasteiger partial charge >= 0.3 is 0 Å². The number of likely N-dealkylation sites (tertiary alicyclic amines) is 2. The van der Waals surface area contributed by atoms with Crippen molar-refractivity contribution in [3.05, 3.63) is 42.0 Å². The number of hydrogen-bond acceptors (Lipinski definition) is 3. The van der Waals surface area contributed by atoms with E-state index in [1.54, 1.807) is 0 Å². The van der Waals surface area contributed by atoms with Crippen molar-refractivity contribution >= 4 is 16.7 Å². The van der Waals surface area contributed by atoms with E-state index in [2.05, 4.69) is 46.2 Å². The van der Waals surface area contributed by atoms with Gasteiger partial charge in [0.05, 0.1) is 6.61 Å². The molecule has 26 heavy (non-hydrogen) atoms. The van der Waals surface area contributed by atoms with Crippen LogP contribution < -0.4 is 4.74 Å². The van der Waals surface area contributed by atoms with E-state index in [-0.39, 0.29) is 0 Å². The van der Waals surface area contributed by atoms with Crippen molar-refractivity contribution in [1.82, 2.24) is 9.80 Å². The monoisotopic (exact) mass is 352 g/mol. The summed E-state index contributed by atoms with van der Waals surface area (Å²) in [4.78, 5) is 16.8. The quantitative estimate of drug-likeness (QED) is 0.820. The first-order valence-electron chi connectivity index (χ1n) is 9.91. The summed E-state index contributed by atoms with van der Waals surface area (Å²) in [5.41, 5.74) is 1.28. The second-order valence-corrected chi connectivity index (χ2v) is 7.42. The predicted molar refractivity (Wildman–Crippen MR) is 104 cm³/mol. The summed E-state index contributed by atoms with van der Waals surface area (Å²) in [7, 11) is 0. The molecule has 0 bridgehead atoms. The number of carbonyl (C=O) groups excluding carboxylic acids is 1. The van der Waals surface area contributed by atoms with Gasteiger partial charge in [-0.05, 0) is 49.6 Å². The highest BCUT2D eigenvalue weighted by atomic mass is 16.5. The number of ether oxygens (including phenoxy) is 1. The highest BCUT2D eigenvalue weighted by Gasteiger charge is 2.31. The first-order valence-corrected chi connectivity index (χ1v) is 9.91. The zero-order valence-corrected chi connectivity index (χ0v) is 15.6. The molecule has 2 aromatic carbocycles. The highest BCUT2D eigenvalue weighted by molar-refractivity contribution is 5.87. The van der Waals surface area contributed by atoms with E-state index in [1.807, 2.05) is 6.92 Å². The first kappa shape index (κ1) is 17.3. The van der Waals surface area contributed by atoms with Gasteiger partial charge in [-0.15, -0.1) is 0 Å². The largest absolute Gasteiger partial charge is 0.494 e. The number of fused-ring (bicyclic) bond motifs is 1. The lowest BCUT2D eigenvalue weighted by Crippen LogP contribution is -2.48. The van der Waals surface area contributed by atoms with E-state index in [4.69, 9.17) is 4.74 Å². The van der Waals surface area contributed by atoms with Crippen LogP contribution in [0.2, 0.25) is 0 Å². The maximum Gasteiger partial charge on any atom is 0.222 e. The molecule has 4 rings (SSSR count). The summed E-state index contributed by atoms with van der Waals surface area (Å²) in [6, 6.07) is 13.2. The van der Waals surface area contributed by atoms with Gasteiger partial charge in [-0.25, -0.2) is 0 Å². The van der Waals surface area contributed by atoms with Gasteiger partial charge in [-0.2, -0.15) is 0 Å². The molecule has 2 aliphatic heterocycles. The Balaban J connectivity index is 1.57. The summed E-state index contributed by atoms with van der Waals surface area (Å²) >= 11 is 0. The molecule has 2 saturated heterocycles. The average Bonchev–Trinajstić information content (AvgIpc) is 3.10. The van der Waals surface area contributed by atoms with Crippen LogP contribution in [0.25, 0.3) is 10.8 Å². The number of amides is 1. The van der Waals surface area contributed by atoms with Crippen molar-refractivity contribution in [3.63, 3.8) is 0 Å². The van der Waals surface area contributed by atoms with Gasteiger partial charge in [0.1, 0.15) is 5.75 Å². The minimum atomic E-state index is 0.344. The van der Waals surface area contributed by atoms with E-state index in [1.165, 1.54) is 16.3 Å². The molecule has 0 aromatic heterocycles. The van der Waals surface area contributed by atoms with E-state index in [0.717, 1.165) is 57.6 Å². The van der Waals surface area contributed by atoms with Crippen LogP contribution in [0.15, 0.2) is 36.4 Å². The molecule has 138 valence electrons. The molecule has 0 spiro atoms. The fraction of sp³-hybridized carbons (Fsp3) is 0.500. The highest BCUT2D eigenvalue weighted by Crippen LogP contribution is 2.31. The lowest BCUT2D eigenvalue weighted by atomic mass is 10.00. The van der Waals surface area contributed by atoms with E-state index < -0.39 is 0 Å². The Hall–Kier alpha value is -2.07. The maximum atomic E-state index is 12.1. The van der Waals surface area contributed by atoms with Gasteiger partial charge in [-0.3, -0.25) is 9.69 Å². The zero-order chi connectivity index (χ0) is 17.9. The molecule has 1 unspecified atom stereocenters. The Labute approximate surface area is 155 Å². The van der Waals surface area contributed by atoms with Gasteiger partial charge in [0.15, 0.2) is 0 Å². The molecule has 2 fully saturated rings.